The van der Waals surface area contributed by atoms with Crippen LogP contribution >= 0.6 is 0 Å². The second-order valence-corrected chi connectivity index (χ2v) is 7.19. The van der Waals surface area contributed by atoms with Crippen molar-refractivity contribution in [2.75, 3.05) is 14.2 Å². The highest BCUT2D eigenvalue weighted by Crippen LogP contribution is 2.46. The number of methoxy groups -OCH3 is 2. The van der Waals surface area contributed by atoms with Crippen LogP contribution in [0.15, 0.2) is 0 Å². The van der Waals surface area contributed by atoms with Crippen LogP contribution in [0.3, 0.4) is 0 Å². The van der Waals surface area contributed by atoms with Crippen molar-refractivity contribution in [1.29, 1.82) is 0 Å². The summed E-state index contributed by atoms with van der Waals surface area (Å²) < 4.78 is 34.9. The second kappa shape index (κ2) is 7.80. The molecule has 0 radical (unpaired) electrons. The molecule has 0 bridgehead atoms. The molecule has 2 aliphatic carbocycles. The van der Waals surface area contributed by atoms with Gasteiger partial charge in [0.2, 0.25) is 0 Å². The average Bonchev–Trinajstić information content (AvgIpc) is 2.93. The molecule has 0 aromatic rings. The van der Waals surface area contributed by atoms with E-state index >= 15 is 0 Å². The third-order valence-corrected chi connectivity index (χ3v) is 5.41. The molecule has 8 heteroatoms. The molecule has 2 saturated carbocycles. The van der Waals surface area contributed by atoms with Crippen LogP contribution in [0.5, 0.6) is 0 Å². The Kier molecular flexibility index (Phi) is 5.86. The first kappa shape index (κ1) is 19.5. The fourth-order valence-corrected chi connectivity index (χ4v) is 4.43. The Morgan fingerprint density at radius 3 is 1.54 bits per heavy atom. The van der Waals surface area contributed by atoms with Crippen LogP contribution in [0, 0.1) is 0 Å². The van der Waals surface area contributed by atoms with Gasteiger partial charge in [-0.1, -0.05) is 6.42 Å². The fraction of sp³-hybridized carbons (Fsp3) is 0.889. The maximum atomic E-state index is 11.7. The van der Waals surface area contributed by atoms with Crippen molar-refractivity contribution in [1.82, 2.24) is 0 Å². The maximum absolute atomic E-state index is 11.7. The van der Waals surface area contributed by atoms with E-state index in [9.17, 15) is 9.59 Å². The van der Waals surface area contributed by atoms with Gasteiger partial charge < -0.3 is 28.4 Å². The molecule has 0 aromatic carbocycles. The smallest absolute Gasteiger partial charge is 0.303 e. The lowest BCUT2D eigenvalue weighted by Gasteiger charge is -2.44. The molecule has 6 atom stereocenters. The lowest BCUT2D eigenvalue weighted by molar-refractivity contribution is -0.229. The molecular formula is C18H28O8. The van der Waals surface area contributed by atoms with Crippen LogP contribution in [0.4, 0.5) is 0 Å². The standard InChI is InChI=1S/C18H28O8/c1-10(19)23-14-12(21-3)16-17(13(22-4)15(14)24-11(2)20)26-18(25-16)8-6-5-7-9-18/h12-17H,5-9H2,1-4H3/t12-,13-,14-,15-,16-,17+/m0/s1. The van der Waals surface area contributed by atoms with Gasteiger partial charge in [-0.25, -0.2) is 0 Å². The molecule has 8 nitrogen and oxygen atoms in total. The predicted octanol–water partition coefficient (Wildman–Crippen LogP) is 1.34. The van der Waals surface area contributed by atoms with E-state index in [0.29, 0.717) is 0 Å². The fourth-order valence-electron chi connectivity index (χ4n) is 4.43. The van der Waals surface area contributed by atoms with Gasteiger partial charge in [0, 0.05) is 40.9 Å². The van der Waals surface area contributed by atoms with Crippen molar-refractivity contribution in [2.24, 2.45) is 0 Å². The average molecular weight is 372 g/mol. The van der Waals surface area contributed by atoms with Crippen LogP contribution in [-0.2, 0) is 38.0 Å². The Labute approximate surface area is 153 Å². The molecule has 1 saturated heterocycles. The van der Waals surface area contributed by atoms with Gasteiger partial charge in [0.1, 0.15) is 24.4 Å². The molecule has 26 heavy (non-hydrogen) atoms. The number of carbonyl (C=O) groups excluding carboxylic acids is 2. The van der Waals surface area contributed by atoms with Gasteiger partial charge >= 0.3 is 11.9 Å². The third kappa shape index (κ3) is 3.60. The molecule has 0 N–H and O–H groups in total. The van der Waals surface area contributed by atoms with Crippen molar-refractivity contribution in [3.05, 3.63) is 0 Å². The van der Waals surface area contributed by atoms with Crippen LogP contribution in [-0.4, -0.2) is 68.6 Å². The lowest BCUT2D eigenvalue weighted by Crippen LogP contribution is -2.65. The normalized spacial score (nSPS) is 38.6. The summed E-state index contributed by atoms with van der Waals surface area (Å²) in [7, 11) is 3.04. The van der Waals surface area contributed by atoms with E-state index in [4.69, 9.17) is 28.4 Å². The Hall–Kier alpha value is -1.22. The van der Waals surface area contributed by atoms with Gasteiger partial charge in [-0.3, -0.25) is 9.59 Å². The molecule has 0 amide bonds. The summed E-state index contributed by atoms with van der Waals surface area (Å²) >= 11 is 0. The van der Waals surface area contributed by atoms with Gasteiger partial charge in [-0.05, 0) is 12.8 Å². The van der Waals surface area contributed by atoms with Crippen molar-refractivity contribution < 1.29 is 38.0 Å². The molecule has 3 rings (SSSR count). The molecular weight excluding hydrogens is 344 g/mol. The number of hydrogen-bond acceptors (Lipinski definition) is 8. The molecule has 148 valence electrons. The summed E-state index contributed by atoms with van der Waals surface area (Å²) in [6.07, 6.45) is 0.917. The van der Waals surface area contributed by atoms with E-state index in [1.807, 2.05) is 0 Å². The van der Waals surface area contributed by atoms with Gasteiger partial charge in [-0.2, -0.15) is 0 Å². The summed E-state index contributed by atoms with van der Waals surface area (Å²) in [5, 5.41) is 0. The number of hydrogen-bond donors (Lipinski definition) is 0. The minimum absolute atomic E-state index is 0.473. The number of rotatable bonds is 4. The van der Waals surface area contributed by atoms with Gasteiger partial charge in [-0.15, -0.1) is 0 Å². The van der Waals surface area contributed by atoms with E-state index < -0.39 is 54.3 Å². The van der Waals surface area contributed by atoms with Gasteiger partial charge in [0.25, 0.3) is 0 Å². The first-order valence-corrected chi connectivity index (χ1v) is 9.16. The summed E-state index contributed by atoms with van der Waals surface area (Å²) in [6.45, 7) is 2.61. The quantitative estimate of drug-likeness (QED) is 0.683. The molecule has 1 spiro atoms. The van der Waals surface area contributed by atoms with Crippen LogP contribution in [0.25, 0.3) is 0 Å². The van der Waals surface area contributed by atoms with Crippen molar-refractivity contribution in [3.8, 4) is 0 Å². The Balaban J connectivity index is 1.93. The molecule has 1 aliphatic heterocycles. The number of esters is 2. The zero-order chi connectivity index (χ0) is 18.9. The molecule has 0 aromatic heterocycles. The largest absolute Gasteiger partial charge is 0.456 e. The number of carbonyl (C=O) groups is 2. The first-order chi connectivity index (χ1) is 12.4. The number of fused-ring (bicyclic) bond motifs is 1. The molecule has 0 unspecified atom stereocenters. The first-order valence-electron chi connectivity index (χ1n) is 9.16. The molecule has 3 fully saturated rings. The van der Waals surface area contributed by atoms with Crippen LogP contribution in [0.1, 0.15) is 46.0 Å². The highest BCUT2D eigenvalue weighted by Gasteiger charge is 2.63. The predicted molar refractivity (Wildman–Crippen MR) is 88.3 cm³/mol. The zero-order valence-corrected chi connectivity index (χ0v) is 15.8. The third-order valence-electron chi connectivity index (χ3n) is 5.41. The topological polar surface area (TPSA) is 89.5 Å². The number of ether oxygens (including phenoxy) is 6. The van der Waals surface area contributed by atoms with Gasteiger partial charge in [0.15, 0.2) is 18.0 Å². The second-order valence-electron chi connectivity index (χ2n) is 7.19. The highest BCUT2D eigenvalue weighted by atomic mass is 16.8. The molecule has 3 aliphatic rings. The Morgan fingerprint density at radius 1 is 0.769 bits per heavy atom. The van der Waals surface area contributed by atoms with Gasteiger partial charge in [0.05, 0.1) is 0 Å². The van der Waals surface area contributed by atoms with E-state index in [1.54, 1.807) is 0 Å². The minimum Gasteiger partial charge on any atom is -0.456 e. The minimum atomic E-state index is -0.838. The Morgan fingerprint density at radius 2 is 1.19 bits per heavy atom. The van der Waals surface area contributed by atoms with E-state index in [2.05, 4.69) is 0 Å². The summed E-state index contributed by atoms with van der Waals surface area (Å²) in [5.41, 5.74) is 0. The van der Waals surface area contributed by atoms with E-state index in [-0.39, 0.29) is 0 Å². The zero-order valence-electron chi connectivity index (χ0n) is 15.8. The van der Waals surface area contributed by atoms with Crippen LogP contribution < -0.4 is 0 Å². The summed E-state index contributed by atoms with van der Waals surface area (Å²) in [4.78, 5) is 23.3. The highest BCUT2D eigenvalue weighted by molar-refractivity contribution is 5.67. The van der Waals surface area contributed by atoms with Crippen molar-refractivity contribution >= 4 is 11.9 Å². The molecule has 1 heterocycles. The SMILES string of the molecule is CO[C@H]1[C@H](OC(C)=O)[C@@H](OC(C)=O)[C@H](OC)[C@@H]2OC3(CCCCC3)O[C@H]12. The summed E-state index contributed by atoms with van der Waals surface area (Å²) in [5.74, 6) is -1.66. The summed E-state index contributed by atoms with van der Waals surface area (Å²) in [6, 6.07) is 0. The maximum Gasteiger partial charge on any atom is 0.303 e. The lowest BCUT2D eigenvalue weighted by atomic mass is 9.84. The van der Waals surface area contributed by atoms with E-state index in [1.165, 1.54) is 28.1 Å². The van der Waals surface area contributed by atoms with Crippen molar-refractivity contribution in [2.45, 2.75) is 88.4 Å². The van der Waals surface area contributed by atoms with Crippen molar-refractivity contribution in [3.63, 3.8) is 0 Å². The Bertz CT molecular complexity index is 489. The monoisotopic (exact) mass is 372 g/mol. The van der Waals surface area contributed by atoms with E-state index in [0.717, 1.165) is 32.1 Å². The van der Waals surface area contributed by atoms with Crippen LogP contribution in [0.2, 0.25) is 0 Å².